The first-order valence-electron chi connectivity index (χ1n) is 10.9. The first kappa shape index (κ1) is 21.6. The second kappa shape index (κ2) is 10.1. The number of ether oxygens (including phenoxy) is 1. The Kier molecular flexibility index (Phi) is 6.84. The summed E-state index contributed by atoms with van der Waals surface area (Å²) in [6.07, 6.45) is 5.01. The number of nitrogens with zero attached hydrogens (tertiary/aromatic N) is 3. The summed E-state index contributed by atoms with van der Waals surface area (Å²) < 4.78 is 7.41. The van der Waals surface area contributed by atoms with Crippen molar-refractivity contribution in [2.75, 3.05) is 19.6 Å². The minimum absolute atomic E-state index is 0.0393. The third kappa shape index (κ3) is 5.55. The van der Waals surface area contributed by atoms with Crippen molar-refractivity contribution < 1.29 is 14.3 Å². The van der Waals surface area contributed by atoms with Crippen LogP contribution in [0.25, 0.3) is 0 Å². The Labute approximate surface area is 188 Å². The summed E-state index contributed by atoms with van der Waals surface area (Å²) in [5.74, 6) is 1.05. The summed E-state index contributed by atoms with van der Waals surface area (Å²) in [5, 5.41) is 7.00. The predicted molar refractivity (Wildman–Crippen MR) is 121 cm³/mol. The third-order valence-electron chi connectivity index (χ3n) is 5.77. The number of carbonyl (C=O) groups is 2. The third-order valence-corrected chi connectivity index (χ3v) is 5.77. The molecule has 1 aliphatic rings. The maximum Gasteiger partial charge on any atom is 0.254 e. The summed E-state index contributed by atoms with van der Waals surface area (Å²) in [7, 11) is 1.79. The van der Waals surface area contributed by atoms with Gasteiger partial charge in [0, 0.05) is 38.4 Å². The molecule has 1 aromatic heterocycles. The Hall–Kier alpha value is -3.61. The van der Waals surface area contributed by atoms with Gasteiger partial charge in [0.2, 0.25) is 0 Å². The van der Waals surface area contributed by atoms with Crippen molar-refractivity contribution in [2.24, 2.45) is 13.0 Å². The number of amides is 2. The van der Waals surface area contributed by atoms with Gasteiger partial charge < -0.3 is 15.0 Å². The van der Waals surface area contributed by atoms with E-state index in [9.17, 15) is 9.59 Å². The quantitative estimate of drug-likeness (QED) is 0.622. The van der Waals surface area contributed by atoms with Crippen LogP contribution in [0.2, 0.25) is 0 Å². The molecule has 2 amide bonds. The molecular weight excluding hydrogens is 404 g/mol. The molecular formula is C25H28N4O3. The van der Waals surface area contributed by atoms with Crippen molar-refractivity contribution in [2.45, 2.75) is 19.4 Å². The van der Waals surface area contributed by atoms with E-state index in [1.54, 1.807) is 24.1 Å². The monoisotopic (exact) mass is 432 g/mol. The van der Waals surface area contributed by atoms with Crippen LogP contribution >= 0.6 is 0 Å². The molecule has 166 valence electrons. The van der Waals surface area contributed by atoms with Gasteiger partial charge in [-0.3, -0.25) is 14.3 Å². The zero-order valence-electron chi connectivity index (χ0n) is 18.2. The van der Waals surface area contributed by atoms with Gasteiger partial charge in [0.25, 0.3) is 11.8 Å². The zero-order chi connectivity index (χ0) is 22.3. The van der Waals surface area contributed by atoms with Gasteiger partial charge in [-0.1, -0.05) is 30.3 Å². The maximum absolute atomic E-state index is 12.9. The SMILES string of the molecule is Cn1cc(C(=O)NCC2CCN(C(=O)c3ccc(OCc4ccccc4)cc3)CC2)cn1. The molecule has 2 aromatic carbocycles. The number of hydrogen-bond acceptors (Lipinski definition) is 4. The van der Waals surface area contributed by atoms with Gasteiger partial charge in [-0.2, -0.15) is 5.10 Å². The van der Waals surface area contributed by atoms with E-state index < -0.39 is 0 Å². The van der Waals surface area contributed by atoms with Gasteiger partial charge in [-0.25, -0.2) is 0 Å². The van der Waals surface area contributed by atoms with Crippen LogP contribution in [0.4, 0.5) is 0 Å². The minimum atomic E-state index is -0.105. The number of aromatic nitrogens is 2. The average molecular weight is 433 g/mol. The lowest BCUT2D eigenvalue weighted by atomic mass is 9.96. The van der Waals surface area contributed by atoms with Crippen LogP contribution in [0.5, 0.6) is 5.75 Å². The van der Waals surface area contributed by atoms with Crippen molar-refractivity contribution in [3.8, 4) is 5.75 Å². The van der Waals surface area contributed by atoms with Crippen molar-refractivity contribution in [3.63, 3.8) is 0 Å². The number of benzene rings is 2. The molecule has 32 heavy (non-hydrogen) atoms. The summed E-state index contributed by atoms with van der Waals surface area (Å²) in [5.41, 5.74) is 2.34. The number of piperidine rings is 1. The van der Waals surface area contributed by atoms with Crippen LogP contribution < -0.4 is 10.1 Å². The van der Waals surface area contributed by atoms with Gasteiger partial charge >= 0.3 is 0 Å². The van der Waals surface area contributed by atoms with Crippen LogP contribution in [0.1, 0.15) is 39.1 Å². The predicted octanol–water partition coefficient (Wildman–Crippen LogP) is 3.28. The molecule has 0 saturated carbocycles. The summed E-state index contributed by atoms with van der Waals surface area (Å²) in [4.78, 5) is 26.9. The molecule has 1 N–H and O–H groups in total. The molecule has 7 heteroatoms. The van der Waals surface area contributed by atoms with Gasteiger partial charge in [0.15, 0.2) is 0 Å². The van der Waals surface area contributed by atoms with Crippen molar-refractivity contribution >= 4 is 11.8 Å². The fourth-order valence-electron chi connectivity index (χ4n) is 3.83. The Morgan fingerprint density at radius 3 is 2.41 bits per heavy atom. The largest absolute Gasteiger partial charge is 0.489 e. The smallest absolute Gasteiger partial charge is 0.254 e. The van der Waals surface area contributed by atoms with Crippen LogP contribution in [0.15, 0.2) is 67.0 Å². The molecule has 0 spiro atoms. The van der Waals surface area contributed by atoms with Crippen molar-refractivity contribution in [1.82, 2.24) is 20.0 Å². The second-order valence-electron chi connectivity index (χ2n) is 8.15. The lowest BCUT2D eigenvalue weighted by Gasteiger charge is -2.32. The fraction of sp³-hybridized carbons (Fsp3) is 0.320. The Bertz CT molecular complexity index is 1040. The number of hydrogen-bond donors (Lipinski definition) is 1. The van der Waals surface area contributed by atoms with Crippen LogP contribution in [-0.2, 0) is 13.7 Å². The second-order valence-corrected chi connectivity index (χ2v) is 8.15. The van der Waals surface area contributed by atoms with E-state index in [1.165, 1.54) is 0 Å². The van der Waals surface area contributed by atoms with Gasteiger partial charge in [0.1, 0.15) is 12.4 Å². The van der Waals surface area contributed by atoms with Crippen molar-refractivity contribution in [3.05, 3.63) is 83.7 Å². The molecule has 4 rings (SSSR count). The molecule has 0 bridgehead atoms. The van der Waals surface area contributed by atoms with E-state index in [0.29, 0.717) is 43.3 Å². The normalized spacial score (nSPS) is 14.2. The van der Waals surface area contributed by atoms with E-state index in [1.807, 2.05) is 59.5 Å². The fourth-order valence-corrected chi connectivity index (χ4v) is 3.83. The molecule has 0 aliphatic carbocycles. The summed E-state index contributed by atoms with van der Waals surface area (Å²) in [6.45, 7) is 2.50. The van der Waals surface area contributed by atoms with E-state index in [4.69, 9.17) is 4.74 Å². The number of aryl methyl sites for hydroxylation is 1. The Morgan fingerprint density at radius 2 is 1.75 bits per heavy atom. The Morgan fingerprint density at radius 1 is 1.03 bits per heavy atom. The lowest BCUT2D eigenvalue weighted by Crippen LogP contribution is -2.41. The van der Waals surface area contributed by atoms with Crippen LogP contribution in [0, 0.1) is 5.92 Å². The molecule has 1 aliphatic heterocycles. The van der Waals surface area contributed by atoms with Crippen molar-refractivity contribution in [1.29, 1.82) is 0 Å². The number of carbonyl (C=O) groups excluding carboxylic acids is 2. The maximum atomic E-state index is 12.9. The molecule has 1 fully saturated rings. The number of nitrogens with one attached hydrogen (secondary N) is 1. The summed E-state index contributed by atoms with van der Waals surface area (Å²) >= 11 is 0. The molecule has 0 unspecified atom stereocenters. The zero-order valence-corrected chi connectivity index (χ0v) is 18.2. The highest BCUT2D eigenvalue weighted by Gasteiger charge is 2.24. The average Bonchev–Trinajstić information content (AvgIpc) is 3.28. The molecule has 0 atom stereocenters. The van der Waals surface area contributed by atoms with Gasteiger partial charge in [-0.05, 0) is 48.6 Å². The van der Waals surface area contributed by atoms with Crippen LogP contribution in [0.3, 0.4) is 0 Å². The molecule has 7 nitrogen and oxygen atoms in total. The topological polar surface area (TPSA) is 76.5 Å². The van der Waals surface area contributed by atoms with Gasteiger partial charge in [-0.15, -0.1) is 0 Å². The minimum Gasteiger partial charge on any atom is -0.489 e. The Balaban J connectivity index is 1.22. The van der Waals surface area contributed by atoms with E-state index in [2.05, 4.69) is 10.4 Å². The first-order valence-corrected chi connectivity index (χ1v) is 10.9. The molecule has 2 heterocycles. The highest BCUT2D eigenvalue weighted by atomic mass is 16.5. The van der Waals surface area contributed by atoms with E-state index in [-0.39, 0.29) is 11.8 Å². The number of likely N-dealkylation sites (tertiary alicyclic amines) is 1. The van der Waals surface area contributed by atoms with Crippen LogP contribution in [-0.4, -0.2) is 46.1 Å². The standard InChI is InChI=1S/C25H28N4O3/c1-28-17-22(16-27-28)24(30)26-15-19-11-13-29(14-12-19)25(31)21-7-9-23(10-8-21)32-18-20-5-3-2-4-6-20/h2-10,16-17,19H,11-15,18H2,1H3,(H,26,30). The van der Waals surface area contributed by atoms with E-state index in [0.717, 1.165) is 24.2 Å². The molecule has 0 radical (unpaired) electrons. The molecule has 3 aromatic rings. The highest BCUT2D eigenvalue weighted by Crippen LogP contribution is 2.20. The number of rotatable bonds is 7. The van der Waals surface area contributed by atoms with Gasteiger partial charge in [0.05, 0.1) is 11.8 Å². The first-order chi connectivity index (χ1) is 15.6. The lowest BCUT2D eigenvalue weighted by molar-refractivity contribution is 0.0684. The molecule has 1 saturated heterocycles. The van der Waals surface area contributed by atoms with E-state index >= 15 is 0 Å². The summed E-state index contributed by atoms with van der Waals surface area (Å²) in [6, 6.07) is 17.3. The highest BCUT2D eigenvalue weighted by molar-refractivity contribution is 5.94.